The van der Waals surface area contributed by atoms with Gasteiger partial charge in [-0.25, -0.2) is 0 Å². The number of rotatable bonds is 3. The van der Waals surface area contributed by atoms with E-state index in [1.54, 1.807) is 0 Å². The summed E-state index contributed by atoms with van der Waals surface area (Å²) in [5.41, 5.74) is 0. The molecule has 1 atom stereocenters. The molecule has 1 heterocycles. The minimum Gasteiger partial charge on any atom is -0.378 e. The van der Waals surface area contributed by atoms with E-state index in [1.807, 2.05) is 0 Å². The summed E-state index contributed by atoms with van der Waals surface area (Å²) >= 11 is 0. The fourth-order valence-corrected chi connectivity index (χ4v) is 1.66. The fraction of sp³-hybridized carbons (Fsp3) is 1.00. The summed E-state index contributed by atoms with van der Waals surface area (Å²) < 4.78 is 5.73. The standard InChI is InChI=1S/C10H21NO/c1-3-9-12-10-5-4-7-11(2)8-6-10/h10H,3-9H2,1-2H3. The van der Waals surface area contributed by atoms with Crippen molar-refractivity contribution in [2.45, 2.75) is 38.7 Å². The van der Waals surface area contributed by atoms with Crippen molar-refractivity contribution in [2.24, 2.45) is 0 Å². The summed E-state index contributed by atoms with van der Waals surface area (Å²) in [5.74, 6) is 0. The van der Waals surface area contributed by atoms with E-state index >= 15 is 0 Å². The molecule has 1 unspecified atom stereocenters. The van der Waals surface area contributed by atoms with Crippen LogP contribution in [0.15, 0.2) is 0 Å². The van der Waals surface area contributed by atoms with E-state index in [0.29, 0.717) is 6.10 Å². The van der Waals surface area contributed by atoms with Gasteiger partial charge in [0.2, 0.25) is 0 Å². The second-order valence-corrected chi connectivity index (χ2v) is 3.73. The molecule has 0 amide bonds. The molecule has 0 aromatic rings. The number of ether oxygens (including phenoxy) is 1. The molecule has 1 saturated heterocycles. The Morgan fingerprint density at radius 1 is 1.33 bits per heavy atom. The highest BCUT2D eigenvalue weighted by Crippen LogP contribution is 2.12. The summed E-state index contributed by atoms with van der Waals surface area (Å²) in [5, 5.41) is 0. The van der Waals surface area contributed by atoms with Crippen molar-refractivity contribution in [3.05, 3.63) is 0 Å². The molecule has 2 nitrogen and oxygen atoms in total. The number of nitrogens with zero attached hydrogens (tertiary/aromatic N) is 1. The van der Waals surface area contributed by atoms with E-state index in [0.717, 1.165) is 13.0 Å². The van der Waals surface area contributed by atoms with Crippen LogP contribution in [0.5, 0.6) is 0 Å². The van der Waals surface area contributed by atoms with Crippen molar-refractivity contribution in [1.29, 1.82) is 0 Å². The van der Waals surface area contributed by atoms with E-state index in [-0.39, 0.29) is 0 Å². The molecule has 1 fully saturated rings. The molecule has 1 aliphatic rings. The van der Waals surface area contributed by atoms with Gasteiger partial charge in [-0.1, -0.05) is 6.92 Å². The van der Waals surface area contributed by atoms with Gasteiger partial charge in [0.05, 0.1) is 6.10 Å². The van der Waals surface area contributed by atoms with Crippen LogP contribution in [0, 0.1) is 0 Å². The molecule has 1 aliphatic heterocycles. The smallest absolute Gasteiger partial charge is 0.0587 e. The van der Waals surface area contributed by atoms with Gasteiger partial charge in [0.1, 0.15) is 0 Å². The van der Waals surface area contributed by atoms with E-state index in [1.165, 1.54) is 32.4 Å². The second kappa shape index (κ2) is 5.55. The molecule has 0 N–H and O–H groups in total. The molecule has 2 heteroatoms. The first-order chi connectivity index (χ1) is 5.83. The average Bonchev–Trinajstić information content (AvgIpc) is 2.27. The lowest BCUT2D eigenvalue weighted by atomic mass is 10.2. The molecule has 1 rings (SSSR count). The average molecular weight is 171 g/mol. The monoisotopic (exact) mass is 171 g/mol. The molecular formula is C10H21NO. The minimum atomic E-state index is 0.537. The Labute approximate surface area is 75.9 Å². The molecule has 0 aromatic carbocycles. The van der Waals surface area contributed by atoms with Crippen LogP contribution in [0.25, 0.3) is 0 Å². The molecule has 0 spiro atoms. The van der Waals surface area contributed by atoms with Crippen molar-refractivity contribution in [3.8, 4) is 0 Å². The lowest BCUT2D eigenvalue weighted by molar-refractivity contribution is 0.0443. The van der Waals surface area contributed by atoms with Crippen molar-refractivity contribution in [2.75, 3.05) is 26.7 Å². The highest BCUT2D eigenvalue weighted by molar-refractivity contribution is 4.67. The number of hydrogen-bond acceptors (Lipinski definition) is 2. The van der Waals surface area contributed by atoms with Crippen molar-refractivity contribution in [3.63, 3.8) is 0 Å². The van der Waals surface area contributed by atoms with Gasteiger partial charge in [-0.05, 0) is 39.3 Å². The van der Waals surface area contributed by atoms with Crippen LogP contribution >= 0.6 is 0 Å². The van der Waals surface area contributed by atoms with Gasteiger partial charge in [-0.2, -0.15) is 0 Å². The fourth-order valence-electron chi connectivity index (χ4n) is 1.66. The second-order valence-electron chi connectivity index (χ2n) is 3.73. The van der Waals surface area contributed by atoms with Crippen LogP contribution in [0.3, 0.4) is 0 Å². The van der Waals surface area contributed by atoms with Gasteiger partial charge in [-0.3, -0.25) is 0 Å². The molecule has 72 valence electrons. The first-order valence-corrected chi connectivity index (χ1v) is 5.13. The lowest BCUT2D eigenvalue weighted by Crippen LogP contribution is -2.20. The Morgan fingerprint density at radius 3 is 2.92 bits per heavy atom. The molecule has 0 radical (unpaired) electrons. The molecule has 0 aromatic heterocycles. The zero-order valence-corrected chi connectivity index (χ0v) is 8.38. The number of likely N-dealkylation sites (tertiary alicyclic amines) is 1. The topological polar surface area (TPSA) is 12.5 Å². The van der Waals surface area contributed by atoms with Crippen molar-refractivity contribution < 1.29 is 4.74 Å². The minimum absolute atomic E-state index is 0.537. The summed E-state index contributed by atoms with van der Waals surface area (Å²) in [6, 6.07) is 0. The van der Waals surface area contributed by atoms with Gasteiger partial charge >= 0.3 is 0 Å². The van der Waals surface area contributed by atoms with E-state index in [9.17, 15) is 0 Å². The highest BCUT2D eigenvalue weighted by Gasteiger charge is 2.14. The van der Waals surface area contributed by atoms with Gasteiger partial charge < -0.3 is 9.64 Å². The third kappa shape index (κ3) is 3.55. The summed E-state index contributed by atoms with van der Waals surface area (Å²) in [6.07, 6.45) is 5.45. The largest absolute Gasteiger partial charge is 0.378 e. The molecule has 0 bridgehead atoms. The Balaban J connectivity index is 2.17. The predicted molar refractivity (Wildman–Crippen MR) is 51.4 cm³/mol. The lowest BCUT2D eigenvalue weighted by Gasteiger charge is -2.15. The zero-order chi connectivity index (χ0) is 8.81. The van der Waals surface area contributed by atoms with Crippen molar-refractivity contribution in [1.82, 2.24) is 4.90 Å². The highest BCUT2D eigenvalue weighted by atomic mass is 16.5. The van der Waals surface area contributed by atoms with Crippen LogP contribution in [0.4, 0.5) is 0 Å². The maximum Gasteiger partial charge on any atom is 0.0587 e. The molecule has 0 aliphatic carbocycles. The van der Waals surface area contributed by atoms with Crippen LogP contribution in [0.2, 0.25) is 0 Å². The van der Waals surface area contributed by atoms with Crippen LogP contribution < -0.4 is 0 Å². The van der Waals surface area contributed by atoms with Gasteiger partial charge in [0.25, 0.3) is 0 Å². The third-order valence-corrected chi connectivity index (χ3v) is 2.46. The predicted octanol–water partition coefficient (Wildman–Crippen LogP) is 1.90. The van der Waals surface area contributed by atoms with Gasteiger partial charge in [-0.15, -0.1) is 0 Å². The van der Waals surface area contributed by atoms with Crippen LogP contribution in [-0.4, -0.2) is 37.7 Å². The maximum atomic E-state index is 5.73. The quantitative estimate of drug-likeness (QED) is 0.643. The van der Waals surface area contributed by atoms with Gasteiger partial charge in [0.15, 0.2) is 0 Å². The van der Waals surface area contributed by atoms with Crippen LogP contribution in [-0.2, 0) is 4.74 Å². The third-order valence-electron chi connectivity index (χ3n) is 2.46. The summed E-state index contributed by atoms with van der Waals surface area (Å²) in [7, 11) is 2.20. The van der Waals surface area contributed by atoms with Crippen molar-refractivity contribution >= 4 is 0 Å². The Morgan fingerprint density at radius 2 is 2.17 bits per heavy atom. The van der Waals surface area contributed by atoms with E-state index < -0.39 is 0 Å². The van der Waals surface area contributed by atoms with E-state index in [2.05, 4.69) is 18.9 Å². The first-order valence-electron chi connectivity index (χ1n) is 5.13. The molecular weight excluding hydrogens is 150 g/mol. The normalized spacial score (nSPS) is 27.0. The Bertz CT molecular complexity index is 114. The maximum absolute atomic E-state index is 5.73. The first kappa shape index (κ1) is 10.0. The van der Waals surface area contributed by atoms with Crippen LogP contribution in [0.1, 0.15) is 32.6 Å². The number of hydrogen-bond donors (Lipinski definition) is 0. The van der Waals surface area contributed by atoms with Gasteiger partial charge in [0, 0.05) is 13.2 Å². The molecule has 0 saturated carbocycles. The Hall–Kier alpha value is -0.0800. The van der Waals surface area contributed by atoms with E-state index in [4.69, 9.17) is 4.74 Å². The summed E-state index contributed by atoms with van der Waals surface area (Å²) in [4.78, 5) is 2.40. The Kier molecular flexibility index (Phi) is 4.62. The zero-order valence-electron chi connectivity index (χ0n) is 8.38. The SMILES string of the molecule is CCCOC1CCCN(C)CC1. The molecule has 12 heavy (non-hydrogen) atoms. The summed E-state index contributed by atoms with van der Waals surface area (Å²) in [6.45, 7) is 5.55.